The van der Waals surface area contributed by atoms with E-state index in [1.165, 1.54) is 0 Å². The Morgan fingerprint density at radius 2 is 2.35 bits per heavy atom. The van der Waals surface area contributed by atoms with Crippen LogP contribution in [0, 0.1) is 0 Å². The van der Waals surface area contributed by atoms with E-state index in [1.54, 1.807) is 35.7 Å². The lowest BCUT2D eigenvalue weighted by molar-refractivity contribution is 0.100. The monoisotopic (exact) mass is 247 g/mol. The van der Waals surface area contributed by atoms with E-state index in [2.05, 4.69) is 10.3 Å². The van der Waals surface area contributed by atoms with Gasteiger partial charge in [-0.2, -0.15) is 0 Å². The van der Waals surface area contributed by atoms with Gasteiger partial charge < -0.3 is 11.1 Å². The number of hydrogen-bond acceptors (Lipinski definition) is 4. The van der Waals surface area contributed by atoms with Crippen molar-refractivity contribution in [3.05, 3.63) is 46.4 Å². The predicted octanol–water partition coefficient (Wildman–Crippen LogP) is 2.42. The predicted molar refractivity (Wildman–Crippen MR) is 69.1 cm³/mol. The summed E-state index contributed by atoms with van der Waals surface area (Å²) in [6, 6.07) is 7.25. The largest absolute Gasteiger partial charge is 0.376 e. The Labute approximate surface area is 103 Å². The summed E-state index contributed by atoms with van der Waals surface area (Å²) in [7, 11) is 0. The molecule has 4 nitrogen and oxygen atoms in total. The van der Waals surface area contributed by atoms with Crippen LogP contribution in [0.1, 0.15) is 28.3 Å². The summed E-state index contributed by atoms with van der Waals surface area (Å²) < 4.78 is 0. The molecule has 1 unspecified atom stereocenters. The van der Waals surface area contributed by atoms with Gasteiger partial charge in [0.2, 0.25) is 5.91 Å². The summed E-state index contributed by atoms with van der Waals surface area (Å²) in [6.07, 6.45) is 1.78. The smallest absolute Gasteiger partial charge is 0.248 e. The van der Waals surface area contributed by atoms with Crippen LogP contribution in [0.4, 0.5) is 5.69 Å². The zero-order chi connectivity index (χ0) is 12.3. The van der Waals surface area contributed by atoms with E-state index in [1.807, 2.05) is 18.4 Å². The molecule has 1 aromatic heterocycles. The number of primary amides is 1. The molecule has 3 N–H and O–H groups in total. The third-order valence-electron chi connectivity index (χ3n) is 2.35. The standard InChI is InChI=1S/C12H13N3OS/c1-8(12-14-5-6-17-12)15-10-4-2-3-9(7-10)11(13)16/h2-8,15H,1H3,(H2,13,16). The normalized spacial score (nSPS) is 12.1. The SMILES string of the molecule is CC(Nc1cccc(C(N)=O)c1)c1nccs1. The van der Waals surface area contributed by atoms with Gasteiger partial charge in [0.15, 0.2) is 0 Å². The highest BCUT2D eigenvalue weighted by Crippen LogP contribution is 2.21. The lowest BCUT2D eigenvalue weighted by Crippen LogP contribution is -2.12. The van der Waals surface area contributed by atoms with Gasteiger partial charge in [0.25, 0.3) is 0 Å². The maximum absolute atomic E-state index is 11.1. The average Bonchev–Trinajstić information content (AvgIpc) is 2.82. The summed E-state index contributed by atoms with van der Waals surface area (Å²) in [5, 5.41) is 6.23. The third kappa shape index (κ3) is 2.82. The van der Waals surface area contributed by atoms with Gasteiger partial charge in [-0.15, -0.1) is 11.3 Å². The second kappa shape index (κ2) is 4.97. The second-order valence-electron chi connectivity index (χ2n) is 3.68. The van der Waals surface area contributed by atoms with Gasteiger partial charge in [0.05, 0.1) is 6.04 Å². The fourth-order valence-electron chi connectivity index (χ4n) is 1.52. The van der Waals surface area contributed by atoms with E-state index in [4.69, 9.17) is 5.73 Å². The zero-order valence-electron chi connectivity index (χ0n) is 9.38. The van der Waals surface area contributed by atoms with E-state index in [0.29, 0.717) is 5.56 Å². The van der Waals surface area contributed by atoms with Crippen LogP contribution in [0.5, 0.6) is 0 Å². The molecule has 0 saturated heterocycles. The maximum Gasteiger partial charge on any atom is 0.248 e. The molecule has 0 aliphatic rings. The van der Waals surface area contributed by atoms with Crippen molar-refractivity contribution in [2.75, 3.05) is 5.32 Å². The first kappa shape index (κ1) is 11.6. The van der Waals surface area contributed by atoms with Crippen LogP contribution in [0.25, 0.3) is 0 Å². The van der Waals surface area contributed by atoms with Crippen molar-refractivity contribution in [1.29, 1.82) is 0 Å². The summed E-state index contributed by atoms with van der Waals surface area (Å²) in [6.45, 7) is 2.02. The van der Waals surface area contributed by atoms with Crippen LogP contribution < -0.4 is 11.1 Å². The van der Waals surface area contributed by atoms with Crippen molar-refractivity contribution < 1.29 is 4.79 Å². The van der Waals surface area contributed by atoms with Crippen molar-refractivity contribution in [2.24, 2.45) is 5.73 Å². The number of anilines is 1. The lowest BCUT2D eigenvalue weighted by Gasteiger charge is -2.13. The highest BCUT2D eigenvalue weighted by atomic mass is 32.1. The number of thiazole rings is 1. The maximum atomic E-state index is 11.1. The van der Waals surface area contributed by atoms with Crippen molar-refractivity contribution in [1.82, 2.24) is 4.98 Å². The number of nitrogens with two attached hydrogens (primary N) is 1. The lowest BCUT2D eigenvalue weighted by atomic mass is 10.2. The number of rotatable bonds is 4. The number of aromatic nitrogens is 1. The Kier molecular flexibility index (Phi) is 3.39. The van der Waals surface area contributed by atoms with Crippen LogP contribution in [0.2, 0.25) is 0 Å². The number of amides is 1. The molecule has 1 heterocycles. The van der Waals surface area contributed by atoms with Crippen LogP contribution in [0.15, 0.2) is 35.8 Å². The first-order valence-electron chi connectivity index (χ1n) is 5.22. The number of nitrogens with one attached hydrogen (secondary N) is 1. The molecule has 0 saturated carbocycles. The molecule has 17 heavy (non-hydrogen) atoms. The van der Waals surface area contributed by atoms with E-state index >= 15 is 0 Å². The quantitative estimate of drug-likeness (QED) is 0.871. The van der Waals surface area contributed by atoms with Crippen LogP contribution in [-0.2, 0) is 0 Å². The molecule has 0 aliphatic heterocycles. The number of carbonyl (C=O) groups excluding carboxylic acids is 1. The Morgan fingerprint density at radius 1 is 1.53 bits per heavy atom. The van der Waals surface area contributed by atoms with E-state index in [9.17, 15) is 4.79 Å². The number of nitrogens with zero attached hydrogens (tertiary/aromatic N) is 1. The Morgan fingerprint density at radius 3 is 3.00 bits per heavy atom. The molecule has 0 fully saturated rings. The minimum absolute atomic E-state index is 0.109. The molecular weight excluding hydrogens is 234 g/mol. The van der Waals surface area contributed by atoms with Gasteiger partial charge in [0, 0.05) is 22.8 Å². The third-order valence-corrected chi connectivity index (χ3v) is 3.31. The Hall–Kier alpha value is -1.88. The highest BCUT2D eigenvalue weighted by molar-refractivity contribution is 7.09. The van der Waals surface area contributed by atoms with Crippen molar-refractivity contribution in [3.63, 3.8) is 0 Å². The Balaban J connectivity index is 2.13. The van der Waals surface area contributed by atoms with Gasteiger partial charge in [-0.05, 0) is 25.1 Å². The van der Waals surface area contributed by atoms with E-state index in [-0.39, 0.29) is 6.04 Å². The molecule has 5 heteroatoms. The van der Waals surface area contributed by atoms with Crippen molar-refractivity contribution >= 4 is 22.9 Å². The van der Waals surface area contributed by atoms with Gasteiger partial charge in [-0.1, -0.05) is 6.07 Å². The molecule has 1 atom stereocenters. The molecule has 2 aromatic rings. The molecule has 0 aliphatic carbocycles. The molecule has 1 aromatic carbocycles. The molecule has 2 rings (SSSR count). The summed E-state index contributed by atoms with van der Waals surface area (Å²) in [4.78, 5) is 15.3. The second-order valence-corrected chi connectivity index (χ2v) is 4.61. The summed E-state index contributed by atoms with van der Waals surface area (Å²) in [5.41, 5.74) is 6.60. The first-order chi connectivity index (χ1) is 8.16. The molecule has 1 amide bonds. The van der Waals surface area contributed by atoms with Gasteiger partial charge >= 0.3 is 0 Å². The minimum atomic E-state index is -0.421. The van der Waals surface area contributed by atoms with Crippen LogP contribution in [-0.4, -0.2) is 10.9 Å². The summed E-state index contributed by atoms with van der Waals surface area (Å²) >= 11 is 1.60. The highest BCUT2D eigenvalue weighted by Gasteiger charge is 2.08. The van der Waals surface area contributed by atoms with Crippen LogP contribution >= 0.6 is 11.3 Å². The number of hydrogen-bond donors (Lipinski definition) is 2. The van der Waals surface area contributed by atoms with Crippen molar-refractivity contribution in [3.8, 4) is 0 Å². The van der Waals surface area contributed by atoms with Gasteiger partial charge in [0.1, 0.15) is 5.01 Å². The molecular formula is C12H13N3OS. The fraction of sp³-hybridized carbons (Fsp3) is 0.167. The molecule has 88 valence electrons. The topological polar surface area (TPSA) is 68.0 Å². The van der Waals surface area contributed by atoms with E-state index in [0.717, 1.165) is 10.7 Å². The average molecular weight is 247 g/mol. The minimum Gasteiger partial charge on any atom is -0.376 e. The van der Waals surface area contributed by atoms with E-state index < -0.39 is 5.91 Å². The van der Waals surface area contributed by atoms with Crippen LogP contribution in [0.3, 0.4) is 0 Å². The zero-order valence-corrected chi connectivity index (χ0v) is 10.2. The van der Waals surface area contributed by atoms with Gasteiger partial charge in [-0.25, -0.2) is 4.98 Å². The number of carbonyl (C=O) groups is 1. The molecule has 0 bridgehead atoms. The van der Waals surface area contributed by atoms with Gasteiger partial charge in [-0.3, -0.25) is 4.79 Å². The van der Waals surface area contributed by atoms with Crippen molar-refractivity contribution in [2.45, 2.75) is 13.0 Å². The molecule has 0 radical (unpaired) electrons. The Bertz CT molecular complexity index is 510. The number of benzene rings is 1. The fourth-order valence-corrected chi connectivity index (χ4v) is 2.17. The first-order valence-corrected chi connectivity index (χ1v) is 6.10. The molecule has 0 spiro atoms. The summed E-state index contributed by atoms with van der Waals surface area (Å²) in [5.74, 6) is -0.421.